The third-order valence-corrected chi connectivity index (χ3v) is 6.15. The average molecular weight is 342 g/mol. The maximum Gasteiger partial charge on any atom is 0.159 e. The van der Waals surface area contributed by atoms with Crippen LogP contribution in [0.4, 0.5) is 13.2 Å². The zero-order chi connectivity index (χ0) is 17.5. The van der Waals surface area contributed by atoms with E-state index >= 15 is 0 Å². The fourth-order valence-electron chi connectivity index (χ4n) is 4.39. The summed E-state index contributed by atoms with van der Waals surface area (Å²) in [7, 11) is 0. The van der Waals surface area contributed by atoms with Gasteiger partial charge in [-0.25, -0.2) is 13.2 Å². The van der Waals surface area contributed by atoms with E-state index in [-0.39, 0.29) is 12.3 Å². The van der Waals surface area contributed by atoms with Gasteiger partial charge in [0.1, 0.15) is 12.8 Å². The van der Waals surface area contributed by atoms with E-state index in [9.17, 15) is 13.2 Å². The second-order valence-electron chi connectivity index (χ2n) is 8.24. The Labute approximate surface area is 146 Å². The number of hydrogen-bond acceptors (Lipinski definition) is 0. The molecule has 3 unspecified atom stereocenters. The van der Waals surface area contributed by atoms with Crippen molar-refractivity contribution in [2.24, 2.45) is 29.6 Å². The fourth-order valence-corrected chi connectivity index (χ4v) is 4.39. The van der Waals surface area contributed by atoms with Gasteiger partial charge in [-0.1, -0.05) is 38.5 Å². The first kappa shape index (κ1) is 19.7. The molecule has 3 heteroatoms. The van der Waals surface area contributed by atoms with Crippen LogP contribution in [0.15, 0.2) is 0 Å². The van der Waals surface area contributed by atoms with Crippen LogP contribution < -0.4 is 0 Å². The molecule has 0 aromatic heterocycles. The minimum atomic E-state index is -2.00. The van der Waals surface area contributed by atoms with Crippen molar-refractivity contribution in [3.63, 3.8) is 0 Å². The molecule has 0 radical (unpaired) electrons. The highest BCUT2D eigenvalue weighted by Gasteiger charge is 2.29. The van der Waals surface area contributed by atoms with Crippen molar-refractivity contribution >= 4 is 0 Å². The van der Waals surface area contributed by atoms with Crippen LogP contribution in [0.5, 0.6) is 0 Å². The summed E-state index contributed by atoms with van der Waals surface area (Å²) >= 11 is 0. The molecule has 0 aliphatic heterocycles. The number of alkyl halides is 3. The lowest BCUT2D eigenvalue weighted by Gasteiger charge is -2.36. The predicted molar refractivity (Wildman–Crippen MR) is 93.9 cm³/mol. The third kappa shape index (κ3) is 6.01. The Bertz CT molecular complexity index is 409. The van der Waals surface area contributed by atoms with Crippen LogP contribution in [0.2, 0.25) is 0 Å². The first-order chi connectivity index (χ1) is 11.5. The summed E-state index contributed by atoms with van der Waals surface area (Å²) in [6.07, 6.45) is 6.67. The molecule has 138 valence electrons. The number of halogens is 3. The second-order valence-corrected chi connectivity index (χ2v) is 8.24. The van der Waals surface area contributed by atoms with Crippen molar-refractivity contribution in [1.82, 2.24) is 0 Å². The molecule has 2 saturated carbocycles. The van der Waals surface area contributed by atoms with Crippen molar-refractivity contribution in [3.05, 3.63) is 0 Å². The molecule has 2 rings (SSSR count). The lowest BCUT2D eigenvalue weighted by Crippen LogP contribution is -2.25. The first-order valence-electron chi connectivity index (χ1n) is 9.84. The second kappa shape index (κ2) is 9.73. The predicted octanol–water partition coefficient (Wildman–Crippen LogP) is 6.29. The van der Waals surface area contributed by atoms with Crippen molar-refractivity contribution in [2.75, 3.05) is 6.67 Å². The Balaban J connectivity index is 1.71. The Hall–Kier alpha value is -0.650. The summed E-state index contributed by atoms with van der Waals surface area (Å²) in [6, 6.07) is 0. The summed E-state index contributed by atoms with van der Waals surface area (Å²) in [6.45, 7) is 2.93. The molecule has 0 saturated heterocycles. The number of hydrogen-bond donors (Lipinski definition) is 0. The van der Waals surface area contributed by atoms with Gasteiger partial charge in [-0.2, -0.15) is 0 Å². The quantitative estimate of drug-likeness (QED) is 0.515. The Morgan fingerprint density at radius 1 is 0.875 bits per heavy atom. The molecule has 24 heavy (non-hydrogen) atoms. The highest BCUT2D eigenvalue weighted by molar-refractivity contribution is 5.08. The zero-order valence-corrected chi connectivity index (χ0v) is 15.2. The molecule has 0 amide bonds. The number of rotatable bonds is 5. The third-order valence-electron chi connectivity index (χ3n) is 6.15. The van der Waals surface area contributed by atoms with Gasteiger partial charge >= 0.3 is 0 Å². The van der Waals surface area contributed by atoms with Gasteiger partial charge in [0.05, 0.1) is 0 Å². The largest absolute Gasteiger partial charge is 0.248 e. The standard InChI is InChI=1S/C21H33F3/c1-15-4-9-18(10-5-15)19-11-7-17(8-12-19)6-3-16(2)13-20(23)21(24)14-22/h15-21H,4-5,7-14H2,1-2H3. The van der Waals surface area contributed by atoms with E-state index in [1.165, 1.54) is 38.5 Å². The molecule has 0 N–H and O–H groups in total. The zero-order valence-electron chi connectivity index (χ0n) is 15.2. The molecule has 2 aliphatic carbocycles. The summed E-state index contributed by atoms with van der Waals surface area (Å²) in [5, 5.41) is 0. The van der Waals surface area contributed by atoms with Gasteiger partial charge in [-0.3, -0.25) is 0 Å². The van der Waals surface area contributed by atoms with Crippen molar-refractivity contribution in [1.29, 1.82) is 0 Å². The monoisotopic (exact) mass is 342 g/mol. The van der Waals surface area contributed by atoms with Crippen LogP contribution in [-0.4, -0.2) is 19.0 Å². The van der Waals surface area contributed by atoms with Crippen molar-refractivity contribution in [2.45, 2.75) is 84.0 Å². The topological polar surface area (TPSA) is 0 Å². The van der Waals surface area contributed by atoms with Crippen LogP contribution in [0.3, 0.4) is 0 Å². The van der Waals surface area contributed by atoms with E-state index in [1.54, 1.807) is 6.92 Å². The molecular formula is C21H33F3. The van der Waals surface area contributed by atoms with Crippen LogP contribution in [-0.2, 0) is 0 Å². The Morgan fingerprint density at radius 2 is 1.42 bits per heavy atom. The lowest BCUT2D eigenvalue weighted by molar-refractivity contribution is 0.123. The molecule has 0 bridgehead atoms. The SMILES string of the molecule is CC(C#CC1CCC(C2CCC(C)CC2)CC1)CC(F)C(F)CF. The van der Waals surface area contributed by atoms with Crippen LogP contribution in [0.25, 0.3) is 0 Å². The highest BCUT2D eigenvalue weighted by Crippen LogP contribution is 2.41. The van der Waals surface area contributed by atoms with Crippen LogP contribution in [0, 0.1) is 41.4 Å². The molecule has 0 nitrogen and oxygen atoms in total. The van der Waals surface area contributed by atoms with Crippen molar-refractivity contribution < 1.29 is 13.2 Å². The van der Waals surface area contributed by atoms with Crippen LogP contribution in [0.1, 0.15) is 71.6 Å². The minimum absolute atomic E-state index is 0.00626. The van der Waals surface area contributed by atoms with E-state index in [1.807, 2.05) is 0 Å². The summed E-state index contributed by atoms with van der Waals surface area (Å²) in [5.74, 6) is 9.27. The van der Waals surface area contributed by atoms with Crippen LogP contribution >= 0.6 is 0 Å². The van der Waals surface area contributed by atoms with Gasteiger partial charge in [-0.15, -0.1) is 0 Å². The Morgan fingerprint density at radius 3 is 1.96 bits per heavy atom. The summed E-state index contributed by atoms with van der Waals surface area (Å²) < 4.78 is 38.5. The van der Waals surface area contributed by atoms with E-state index in [0.29, 0.717) is 5.92 Å². The maximum atomic E-state index is 13.4. The molecule has 0 aromatic rings. The molecule has 2 fully saturated rings. The van der Waals surface area contributed by atoms with E-state index in [2.05, 4.69) is 18.8 Å². The van der Waals surface area contributed by atoms with Gasteiger partial charge in [-0.05, 0) is 62.7 Å². The molecule has 2 aliphatic rings. The molecule has 0 spiro atoms. The smallest absolute Gasteiger partial charge is 0.159 e. The van der Waals surface area contributed by atoms with Gasteiger partial charge in [0.2, 0.25) is 0 Å². The lowest BCUT2D eigenvalue weighted by atomic mass is 9.69. The summed E-state index contributed by atoms with van der Waals surface area (Å²) in [4.78, 5) is 0. The first-order valence-corrected chi connectivity index (χ1v) is 9.84. The summed E-state index contributed by atoms with van der Waals surface area (Å²) in [5.41, 5.74) is 0. The highest BCUT2D eigenvalue weighted by atomic mass is 19.2. The molecule has 0 aromatic carbocycles. The van der Waals surface area contributed by atoms with Gasteiger partial charge < -0.3 is 0 Å². The maximum absolute atomic E-state index is 13.4. The van der Waals surface area contributed by atoms with Gasteiger partial charge in [0.15, 0.2) is 6.17 Å². The van der Waals surface area contributed by atoms with E-state index < -0.39 is 19.0 Å². The normalized spacial score (nSPS) is 34.7. The van der Waals surface area contributed by atoms with E-state index in [4.69, 9.17) is 0 Å². The van der Waals surface area contributed by atoms with E-state index in [0.717, 1.165) is 30.6 Å². The average Bonchev–Trinajstić information content (AvgIpc) is 2.60. The van der Waals surface area contributed by atoms with Gasteiger partial charge in [0.25, 0.3) is 0 Å². The molecular weight excluding hydrogens is 309 g/mol. The van der Waals surface area contributed by atoms with Crippen molar-refractivity contribution in [3.8, 4) is 11.8 Å². The fraction of sp³-hybridized carbons (Fsp3) is 0.905. The molecule has 0 heterocycles. The minimum Gasteiger partial charge on any atom is -0.248 e. The van der Waals surface area contributed by atoms with Gasteiger partial charge in [0, 0.05) is 11.8 Å². The Kier molecular flexibility index (Phi) is 7.98. The molecule has 3 atom stereocenters.